The zero-order valence-corrected chi connectivity index (χ0v) is 10.5. The van der Waals surface area contributed by atoms with Gasteiger partial charge in [0.2, 0.25) is 0 Å². The SMILES string of the molecule is Cl.Cl.O=c1[nH]c(=O)c2sc3nccnc3c2[nH]1. The molecule has 0 saturated heterocycles. The van der Waals surface area contributed by atoms with E-state index in [2.05, 4.69) is 19.9 Å². The first kappa shape index (κ1) is 13.6. The highest BCUT2D eigenvalue weighted by Gasteiger charge is 2.10. The van der Waals surface area contributed by atoms with Crippen molar-refractivity contribution >= 4 is 56.7 Å². The zero-order valence-electron chi connectivity index (χ0n) is 8.09. The van der Waals surface area contributed by atoms with Crippen LogP contribution in [0.5, 0.6) is 0 Å². The summed E-state index contributed by atoms with van der Waals surface area (Å²) in [6.07, 6.45) is 3.07. The molecule has 0 aliphatic carbocycles. The van der Waals surface area contributed by atoms with Crippen molar-refractivity contribution in [2.75, 3.05) is 0 Å². The minimum atomic E-state index is -0.530. The highest BCUT2D eigenvalue weighted by Crippen LogP contribution is 2.25. The third-order valence-corrected chi connectivity index (χ3v) is 3.08. The van der Waals surface area contributed by atoms with Crippen LogP contribution in [0.3, 0.4) is 0 Å². The number of aromatic amines is 2. The van der Waals surface area contributed by atoms with E-state index in [1.54, 1.807) is 6.20 Å². The number of thiophene rings is 1. The lowest BCUT2D eigenvalue weighted by Crippen LogP contribution is -2.20. The van der Waals surface area contributed by atoms with Crippen molar-refractivity contribution in [2.45, 2.75) is 0 Å². The van der Waals surface area contributed by atoms with Crippen LogP contribution >= 0.6 is 36.2 Å². The van der Waals surface area contributed by atoms with Gasteiger partial charge in [0.25, 0.3) is 5.56 Å². The van der Waals surface area contributed by atoms with Gasteiger partial charge in [0.15, 0.2) is 0 Å². The summed E-state index contributed by atoms with van der Waals surface area (Å²) in [6.45, 7) is 0. The van der Waals surface area contributed by atoms with Crippen molar-refractivity contribution in [1.82, 2.24) is 19.9 Å². The number of aromatic nitrogens is 4. The number of nitrogens with zero attached hydrogens (tertiary/aromatic N) is 2. The largest absolute Gasteiger partial charge is 0.326 e. The van der Waals surface area contributed by atoms with E-state index >= 15 is 0 Å². The van der Waals surface area contributed by atoms with Gasteiger partial charge in [0.05, 0.1) is 5.52 Å². The Morgan fingerprint density at radius 3 is 2.53 bits per heavy atom. The molecule has 0 bridgehead atoms. The van der Waals surface area contributed by atoms with E-state index in [0.717, 1.165) is 0 Å². The number of hydrogen-bond acceptors (Lipinski definition) is 5. The number of nitrogens with one attached hydrogen (secondary N) is 2. The molecule has 17 heavy (non-hydrogen) atoms. The van der Waals surface area contributed by atoms with Crippen LogP contribution in [0, 0.1) is 0 Å². The lowest BCUT2D eigenvalue weighted by molar-refractivity contribution is 1.09. The Labute approximate surface area is 110 Å². The molecule has 3 aromatic heterocycles. The number of rotatable bonds is 0. The van der Waals surface area contributed by atoms with E-state index in [-0.39, 0.29) is 24.8 Å². The van der Waals surface area contributed by atoms with E-state index in [1.807, 2.05) is 0 Å². The van der Waals surface area contributed by atoms with E-state index in [1.165, 1.54) is 17.5 Å². The topological polar surface area (TPSA) is 91.5 Å². The Morgan fingerprint density at radius 2 is 1.76 bits per heavy atom. The Hall–Kier alpha value is -1.44. The van der Waals surface area contributed by atoms with Gasteiger partial charge in [0, 0.05) is 12.4 Å². The summed E-state index contributed by atoms with van der Waals surface area (Å²) >= 11 is 1.21. The predicted molar refractivity (Wildman–Crippen MR) is 70.7 cm³/mol. The molecule has 0 spiro atoms. The molecule has 9 heteroatoms. The van der Waals surface area contributed by atoms with Crippen molar-refractivity contribution in [1.29, 1.82) is 0 Å². The van der Waals surface area contributed by atoms with Gasteiger partial charge in [-0.2, -0.15) is 0 Å². The fraction of sp³-hybridized carbons (Fsp3) is 0. The molecule has 3 heterocycles. The molecule has 6 nitrogen and oxygen atoms in total. The van der Waals surface area contributed by atoms with Gasteiger partial charge < -0.3 is 4.98 Å². The van der Waals surface area contributed by atoms with Crippen LogP contribution in [0.1, 0.15) is 0 Å². The Bertz CT molecular complexity index is 778. The standard InChI is InChI=1S/C8H4N4O2S.2ClH/c13-6-5-3(11-8(14)12-6)4-7(15-5)10-2-1-9-4;;/h1-2H,(H2,11,12,13,14);2*1H. The lowest BCUT2D eigenvalue weighted by Gasteiger charge is -1.87. The van der Waals surface area contributed by atoms with Crippen molar-refractivity contribution in [2.24, 2.45) is 0 Å². The predicted octanol–water partition coefficient (Wildman–Crippen LogP) is 1.06. The first-order valence-electron chi connectivity index (χ1n) is 4.11. The molecule has 0 aliphatic heterocycles. The maximum Gasteiger partial charge on any atom is 0.326 e. The minimum absolute atomic E-state index is 0. The number of halogens is 2. The number of hydrogen-bond donors (Lipinski definition) is 2. The first-order chi connectivity index (χ1) is 7.25. The van der Waals surface area contributed by atoms with Crippen molar-refractivity contribution < 1.29 is 0 Å². The van der Waals surface area contributed by atoms with Gasteiger partial charge >= 0.3 is 5.69 Å². The molecule has 0 saturated carbocycles. The monoisotopic (exact) mass is 292 g/mol. The third kappa shape index (κ3) is 2.04. The Balaban J connectivity index is 0.000000722. The molecular weight excluding hydrogens is 287 g/mol. The van der Waals surface area contributed by atoms with E-state index in [0.29, 0.717) is 20.6 Å². The summed E-state index contributed by atoms with van der Waals surface area (Å²) < 4.78 is 0.441. The van der Waals surface area contributed by atoms with Gasteiger partial charge in [-0.15, -0.1) is 36.2 Å². The normalized spacial score (nSPS) is 9.88. The van der Waals surface area contributed by atoms with Crippen LogP contribution in [-0.4, -0.2) is 19.9 Å². The van der Waals surface area contributed by atoms with Crippen LogP contribution in [0.4, 0.5) is 0 Å². The molecular formula is C8H6Cl2N4O2S. The van der Waals surface area contributed by atoms with E-state index < -0.39 is 11.2 Å². The van der Waals surface area contributed by atoms with Gasteiger partial charge in [-0.25, -0.2) is 14.8 Å². The maximum atomic E-state index is 11.4. The van der Waals surface area contributed by atoms with E-state index in [4.69, 9.17) is 0 Å². The van der Waals surface area contributed by atoms with E-state index in [9.17, 15) is 9.59 Å². The molecule has 2 N–H and O–H groups in total. The van der Waals surface area contributed by atoms with Crippen molar-refractivity contribution in [3.63, 3.8) is 0 Å². The molecule has 0 fully saturated rings. The second-order valence-electron chi connectivity index (χ2n) is 2.92. The summed E-state index contributed by atoms with van der Waals surface area (Å²) in [4.78, 5) is 36.0. The summed E-state index contributed by atoms with van der Waals surface area (Å²) in [5.74, 6) is 0. The Kier molecular flexibility index (Phi) is 3.87. The quantitative estimate of drug-likeness (QED) is 0.648. The number of H-pyrrole nitrogens is 2. The average Bonchev–Trinajstić information content (AvgIpc) is 2.57. The minimum Gasteiger partial charge on any atom is -0.304 e. The molecule has 0 unspecified atom stereocenters. The van der Waals surface area contributed by atoms with Crippen molar-refractivity contribution in [3.8, 4) is 0 Å². The maximum absolute atomic E-state index is 11.4. The Morgan fingerprint density at radius 1 is 1.06 bits per heavy atom. The second-order valence-corrected chi connectivity index (χ2v) is 3.92. The molecule has 0 radical (unpaired) electrons. The average molecular weight is 293 g/mol. The van der Waals surface area contributed by atoms with Gasteiger partial charge in [0.1, 0.15) is 15.0 Å². The first-order valence-corrected chi connectivity index (χ1v) is 4.93. The van der Waals surface area contributed by atoms with Gasteiger partial charge in [-0.3, -0.25) is 9.78 Å². The molecule has 3 aromatic rings. The summed E-state index contributed by atoms with van der Waals surface area (Å²) in [5, 5.41) is 0. The fourth-order valence-corrected chi connectivity index (χ4v) is 2.36. The zero-order chi connectivity index (χ0) is 10.4. The van der Waals surface area contributed by atoms with Gasteiger partial charge in [-0.1, -0.05) is 0 Å². The second kappa shape index (κ2) is 4.82. The van der Waals surface area contributed by atoms with Crippen LogP contribution in [0.2, 0.25) is 0 Å². The summed E-state index contributed by atoms with van der Waals surface area (Å²) in [7, 11) is 0. The fourth-order valence-electron chi connectivity index (χ4n) is 1.41. The molecule has 0 aliphatic rings. The van der Waals surface area contributed by atoms with Crippen LogP contribution in [0.25, 0.3) is 20.6 Å². The smallest absolute Gasteiger partial charge is 0.304 e. The number of fused-ring (bicyclic) bond motifs is 3. The third-order valence-electron chi connectivity index (χ3n) is 2.00. The lowest BCUT2D eigenvalue weighted by atomic mass is 10.4. The summed E-state index contributed by atoms with van der Waals surface area (Å²) in [5.41, 5.74) is 0.0777. The molecule has 0 atom stereocenters. The van der Waals surface area contributed by atoms with Crippen molar-refractivity contribution in [3.05, 3.63) is 33.2 Å². The van der Waals surface area contributed by atoms with Crippen LogP contribution in [0.15, 0.2) is 22.0 Å². The highest BCUT2D eigenvalue weighted by atomic mass is 35.5. The highest BCUT2D eigenvalue weighted by molar-refractivity contribution is 7.25. The molecule has 3 rings (SSSR count). The molecule has 90 valence electrons. The summed E-state index contributed by atoms with van der Waals surface area (Å²) in [6, 6.07) is 0. The van der Waals surface area contributed by atoms with Crippen LogP contribution < -0.4 is 11.2 Å². The van der Waals surface area contributed by atoms with Gasteiger partial charge in [-0.05, 0) is 0 Å². The molecule has 0 amide bonds. The van der Waals surface area contributed by atoms with Crippen LogP contribution in [-0.2, 0) is 0 Å². The molecule has 0 aromatic carbocycles.